The van der Waals surface area contributed by atoms with E-state index in [9.17, 15) is 4.79 Å². The molecule has 6 nitrogen and oxygen atoms in total. The molecule has 1 aromatic heterocycles. The molecule has 6 heteroatoms. The van der Waals surface area contributed by atoms with Crippen molar-refractivity contribution in [1.29, 1.82) is 0 Å². The Balaban J connectivity index is 2.69. The van der Waals surface area contributed by atoms with Crippen LogP contribution >= 0.6 is 0 Å². The van der Waals surface area contributed by atoms with Gasteiger partial charge in [0.2, 0.25) is 5.91 Å². The van der Waals surface area contributed by atoms with Gasteiger partial charge < -0.3 is 16.4 Å². The molecule has 0 aliphatic heterocycles. The van der Waals surface area contributed by atoms with Gasteiger partial charge in [0.25, 0.3) is 0 Å². The molecular weight excluding hydrogens is 242 g/mol. The molecule has 1 rings (SSSR count). The van der Waals surface area contributed by atoms with Gasteiger partial charge in [-0.2, -0.15) is 0 Å². The average Bonchev–Trinajstić information content (AvgIpc) is 2.38. The van der Waals surface area contributed by atoms with Gasteiger partial charge in [0.15, 0.2) is 0 Å². The van der Waals surface area contributed by atoms with Crippen LogP contribution in [0.15, 0.2) is 6.33 Å². The van der Waals surface area contributed by atoms with E-state index in [2.05, 4.69) is 27.5 Å². The third-order valence-corrected chi connectivity index (χ3v) is 2.68. The van der Waals surface area contributed by atoms with Crippen LogP contribution in [-0.4, -0.2) is 29.0 Å². The van der Waals surface area contributed by atoms with Gasteiger partial charge in [-0.25, -0.2) is 9.97 Å². The molecule has 0 fully saturated rings. The van der Waals surface area contributed by atoms with Crippen LogP contribution in [0, 0.1) is 0 Å². The monoisotopic (exact) mass is 265 g/mol. The van der Waals surface area contributed by atoms with Crippen LogP contribution in [0.1, 0.15) is 38.7 Å². The molecule has 0 spiro atoms. The zero-order valence-corrected chi connectivity index (χ0v) is 11.7. The number of amides is 1. The molecule has 0 unspecified atom stereocenters. The van der Waals surface area contributed by atoms with Crippen LogP contribution in [0.3, 0.4) is 0 Å². The lowest BCUT2D eigenvalue weighted by Crippen LogP contribution is -2.14. The van der Waals surface area contributed by atoms with Crippen molar-refractivity contribution in [3.63, 3.8) is 0 Å². The number of primary amides is 1. The minimum Gasteiger partial charge on any atom is -0.370 e. The highest BCUT2D eigenvalue weighted by Crippen LogP contribution is 2.21. The smallest absolute Gasteiger partial charge is 0.217 e. The van der Waals surface area contributed by atoms with E-state index in [1.807, 2.05) is 6.92 Å². The van der Waals surface area contributed by atoms with Gasteiger partial charge in [-0.15, -0.1) is 0 Å². The van der Waals surface area contributed by atoms with Crippen molar-refractivity contribution in [2.75, 3.05) is 23.7 Å². The summed E-state index contributed by atoms with van der Waals surface area (Å²) in [7, 11) is 0. The highest BCUT2D eigenvalue weighted by molar-refractivity contribution is 5.73. The molecule has 0 aliphatic carbocycles. The summed E-state index contributed by atoms with van der Waals surface area (Å²) in [5.74, 6) is 1.46. The first-order chi connectivity index (χ1) is 9.19. The number of aromatic nitrogens is 2. The van der Waals surface area contributed by atoms with Gasteiger partial charge in [0.05, 0.1) is 0 Å². The molecule has 1 amide bonds. The predicted octanol–water partition coefficient (Wildman–Crippen LogP) is 1.54. The second-order valence-electron chi connectivity index (χ2n) is 4.33. The summed E-state index contributed by atoms with van der Waals surface area (Å²) in [6, 6.07) is 0. The fraction of sp³-hybridized carbons (Fsp3) is 0.615. The summed E-state index contributed by atoms with van der Waals surface area (Å²) < 4.78 is 0. The van der Waals surface area contributed by atoms with Gasteiger partial charge in [-0.3, -0.25) is 4.79 Å². The van der Waals surface area contributed by atoms with Crippen molar-refractivity contribution < 1.29 is 4.79 Å². The van der Waals surface area contributed by atoms with E-state index in [1.165, 1.54) is 0 Å². The first-order valence-electron chi connectivity index (χ1n) is 6.78. The number of nitrogens with zero attached hydrogens (tertiary/aromatic N) is 2. The van der Waals surface area contributed by atoms with Crippen molar-refractivity contribution in [3.8, 4) is 0 Å². The molecular formula is C13H23N5O. The molecule has 0 saturated carbocycles. The first kappa shape index (κ1) is 15.2. The second kappa shape index (κ2) is 8.29. The maximum atomic E-state index is 10.7. The molecule has 0 bridgehead atoms. The van der Waals surface area contributed by atoms with Gasteiger partial charge in [-0.05, 0) is 19.8 Å². The lowest BCUT2D eigenvalue weighted by molar-refractivity contribution is -0.118. The summed E-state index contributed by atoms with van der Waals surface area (Å²) in [5, 5.41) is 6.50. The zero-order chi connectivity index (χ0) is 14.1. The van der Waals surface area contributed by atoms with Gasteiger partial charge in [0, 0.05) is 25.1 Å². The summed E-state index contributed by atoms with van der Waals surface area (Å²) in [6.07, 6.45) is 4.60. The Morgan fingerprint density at radius 1 is 1.26 bits per heavy atom. The van der Waals surface area contributed by atoms with E-state index < -0.39 is 0 Å². The highest BCUT2D eigenvalue weighted by Gasteiger charge is 2.09. The van der Waals surface area contributed by atoms with E-state index in [-0.39, 0.29) is 5.91 Å². The topological polar surface area (TPSA) is 92.9 Å². The minimum atomic E-state index is -0.272. The van der Waals surface area contributed by atoms with Crippen molar-refractivity contribution in [2.45, 2.75) is 39.5 Å². The average molecular weight is 265 g/mol. The van der Waals surface area contributed by atoms with Gasteiger partial charge >= 0.3 is 0 Å². The molecule has 19 heavy (non-hydrogen) atoms. The fourth-order valence-electron chi connectivity index (χ4n) is 1.84. The molecule has 0 saturated heterocycles. The third-order valence-electron chi connectivity index (χ3n) is 2.68. The molecule has 4 N–H and O–H groups in total. The number of hydrogen-bond donors (Lipinski definition) is 3. The standard InChI is InChI=1S/C13H23N5O/c1-3-6-10-12(15-4-2)17-9-18-13(10)16-8-5-7-11(14)19/h9H,3-8H2,1-2H3,(H2,14,19)(H2,15,16,17,18). The predicted molar refractivity (Wildman–Crippen MR) is 77.1 cm³/mol. The van der Waals surface area contributed by atoms with E-state index in [1.54, 1.807) is 6.33 Å². The molecule has 0 atom stereocenters. The van der Waals surface area contributed by atoms with E-state index in [4.69, 9.17) is 5.73 Å². The Hall–Kier alpha value is -1.85. The molecule has 0 radical (unpaired) electrons. The Kier molecular flexibility index (Phi) is 6.63. The summed E-state index contributed by atoms with van der Waals surface area (Å²) in [5.41, 5.74) is 6.21. The molecule has 106 valence electrons. The highest BCUT2D eigenvalue weighted by atomic mass is 16.1. The summed E-state index contributed by atoms with van der Waals surface area (Å²) in [6.45, 7) is 5.68. The largest absolute Gasteiger partial charge is 0.370 e. The number of carbonyl (C=O) groups excluding carboxylic acids is 1. The van der Waals surface area contributed by atoms with Crippen LogP contribution in [-0.2, 0) is 11.2 Å². The second-order valence-corrected chi connectivity index (χ2v) is 4.33. The number of hydrogen-bond acceptors (Lipinski definition) is 5. The quantitative estimate of drug-likeness (QED) is 0.589. The van der Waals surface area contributed by atoms with Crippen molar-refractivity contribution in [1.82, 2.24) is 9.97 Å². The Morgan fingerprint density at radius 2 is 1.95 bits per heavy atom. The Morgan fingerprint density at radius 3 is 2.53 bits per heavy atom. The summed E-state index contributed by atoms with van der Waals surface area (Å²) in [4.78, 5) is 19.2. The normalized spacial score (nSPS) is 10.2. The summed E-state index contributed by atoms with van der Waals surface area (Å²) >= 11 is 0. The molecule has 0 aromatic carbocycles. The third kappa shape index (κ3) is 5.11. The first-order valence-corrected chi connectivity index (χ1v) is 6.78. The maximum Gasteiger partial charge on any atom is 0.217 e. The lowest BCUT2D eigenvalue weighted by Gasteiger charge is -2.14. The maximum absolute atomic E-state index is 10.7. The number of nitrogens with two attached hydrogens (primary N) is 1. The number of anilines is 2. The van der Waals surface area contributed by atoms with Crippen molar-refractivity contribution in [2.24, 2.45) is 5.73 Å². The van der Waals surface area contributed by atoms with Crippen LogP contribution in [0.2, 0.25) is 0 Å². The number of rotatable bonds is 9. The fourth-order valence-corrected chi connectivity index (χ4v) is 1.84. The molecule has 1 aromatic rings. The number of carbonyl (C=O) groups is 1. The van der Waals surface area contributed by atoms with Crippen LogP contribution in [0.5, 0.6) is 0 Å². The molecule has 1 heterocycles. The van der Waals surface area contributed by atoms with E-state index in [0.29, 0.717) is 19.4 Å². The van der Waals surface area contributed by atoms with E-state index >= 15 is 0 Å². The van der Waals surface area contributed by atoms with Crippen LogP contribution < -0.4 is 16.4 Å². The lowest BCUT2D eigenvalue weighted by atomic mass is 10.1. The minimum absolute atomic E-state index is 0.272. The van der Waals surface area contributed by atoms with Crippen molar-refractivity contribution in [3.05, 3.63) is 11.9 Å². The Labute approximate surface area is 114 Å². The van der Waals surface area contributed by atoms with Crippen LogP contribution in [0.25, 0.3) is 0 Å². The van der Waals surface area contributed by atoms with Gasteiger partial charge in [0.1, 0.15) is 18.0 Å². The van der Waals surface area contributed by atoms with Crippen LogP contribution in [0.4, 0.5) is 11.6 Å². The van der Waals surface area contributed by atoms with Crippen molar-refractivity contribution >= 4 is 17.5 Å². The SMILES string of the molecule is CCCc1c(NCC)ncnc1NCCCC(N)=O. The number of nitrogens with one attached hydrogen (secondary N) is 2. The van der Waals surface area contributed by atoms with Gasteiger partial charge in [-0.1, -0.05) is 13.3 Å². The zero-order valence-electron chi connectivity index (χ0n) is 11.7. The Bertz CT molecular complexity index is 408. The van der Waals surface area contributed by atoms with E-state index in [0.717, 1.165) is 36.6 Å². The molecule has 0 aliphatic rings.